The van der Waals surface area contributed by atoms with E-state index in [0.29, 0.717) is 19.3 Å². The van der Waals surface area contributed by atoms with E-state index in [1.165, 1.54) is 0 Å². The smallest absolute Gasteiger partial charge is 0.326 e. The fourth-order valence-corrected chi connectivity index (χ4v) is 1.03. The van der Waals surface area contributed by atoms with Gasteiger partial charge in [-0.1, -0.05) is 20.3 Å². The zero-order valence-corrected chi connectivity index (χ0v) is 9.54. The van der Waals surface area contributed by atoms with Crippen molar-refractivity contribution in [2.75, 3.05) is 0 Å². The van der Waals surface area contributed by atoms with Crippen LogP contribution in [0.25, 0.3) is 0 Å². The Balaban J connectivity index is 4.41. The Hall–Kier alpha value is -1.10. The first kappa shape index (κ1) is 13.9. The summed E-state index contributed by atoms with van der Waals surface area (Å²) in [5.74, 6) is -1.43. The summed E-state index contributed by atoms with van der Waals surface area (Å²) in [5.41, 5.74) is 4.70. The van der Waals surface area contributed by atoms with Crippen LogP contribution in [0.2, 0.25) is 0 Å². The molecule has 0 aliphatic rings. The van der Waals surface area contributed by atoms with Crippen LogP contribution in [0.5, 0.6) is 0 Å². The van der Waals surface area contributed by atoms with Gasteiger partial charge in [0.05, 0.1) is 5.54 Å². The van der Waals surface area contributed by atoms with E-state index in [0.717, 1.165) is 0 Å². The molecule has 0 bridgehead atoms. The topological polar surface area (TPSA) is 92.4 Å². The molecular formula is C10H20N2O3. The van der Waals surface area contributed by atoms with Crippen LogP contribution in [0.1, 0.15) is 40.0 Å². The average Bonchev–Trinajstić information content (AvgIpc) is 2.16. The van der Waals surface area contributed by atoms with E-state index in [4.69, 9.17) is 10.8 Å². The summed E-state index contributed by atoms with van der Waals surface area (Å²) in [6, 6.07) is -0.836. The molecule has 0 aromatic heterocycles. The Morgan fingerprint density at radius 3 is 2.33 bits per heavy atom. The third-order valence-electron chi connectivity index (χ3n) is 2.43. The van der Waals surface area contributed by atoms with Crippen LogP contribution in [-0.2, 0) is 9.59 Å². The van der Waals surface area contributed by atoms with E-state index >= 15 is 0 Å². The summed E-state index contributed by atoms with van der Waals surface area (Å²) in [7, 11) is 0. The third kappa shape index (κ3) is 4.29. The van der Waals surface area contributed by atoms with Crippen LogP contribution in [-0.4, -0.2) is 28.6 Å². The first-order valence-corrected chi connectivity index (χ1v) is 5.17. The number of carboxylic acids is 1. The van der Waals surface area contributed by atoms with Gasteiger partial charge in [-0.05, 0) is 19.8 Å². The predicted molar refractivity (Wildman–Crippen MR) is 57.4 cm³/mol. The molecule has 0 spiro atoms. The molecule has 1 amide bonds. The Kier molecular flexibility index (Phi) is 5.28. The van der Waals surface area contributed by atoms with Crippen molar-refractivity contribution in [1.29, 1.82) is 0 Å². The van der Waals surface area contributed by atoms with Gasteiger partial charge in [0.25, 0.3) is 0 Å². The van der Waals surface area contributed by atoms with Crippen molar-refractivity contribution in [3.63, 3.8) is 0 Å². The van der Waals surface area contributed by atoms with Crippen LogP contribution in [0, 0.1) is 0 Å². The van der Waals surface area contributed by atoms with Gasteiger partial charge in [0.15, 0.2) is 0 Å². The maximum atomic E-state index is 11.6. The standard InChI is InChI=1S/C10H20N2O3/c1-4-6-7(8(13)14)12-9(15)10(3,11)5-2/h7H,4-6,11H2,1-3H3,(H,12,15)(H,13,14)/t7-,10?/m0/s1. The maximum absolute atomic E-state index is 11.6. The second kappa shape index (κ2) is 5.70. The van der Waals surface area contributed by atoms with E-state index in [9.17, 15) is 9.59 Å². The molecule has 2 atom stereocenters. The Morgan fingerprint density at radius 2 is 2.00 bits per heavy atom. The Morgan fingerprint density at radius 1 is 1.47 bits per heavy atom. The van der Waals surface area contributed by atoms with E-state index < -0.39 is 23.5 Å². The summed E-state index contributed by atoms with van der Waals surface area (Å²) in [6.45, 7) is 5.24. The second-order valence-corrected chi connectivity index (χ2v) is 3.92. The lowest BCUT2D eigenvalue weighted by atomic mass is 9.98. The quantitative estimate of drug-likeness (QED) is 0.602. The van der Waals surface area contributed by atoms with Crippen molar-refractivity contribution in [2.45, 2.75) is 51.6 Å². The van der Waals surface area contributed by atoms with Crippen LogP contribution >= 0.6 is 0 Å². The van der Waals surface area contributed by atoms with Crippen molar-refractivity contribution in [1.82, 2.24) is 5.32 Å². The van der Waals surface area contributed by atoms with Gasteiger partial charge in [-0.2, -0.15) is 0 Å². The number of carbonyl (C=O) groups excluding carboxylic acids is 1. The minimum atomic E-state index is -1.02. The molecule has 1 unspecified atom stereocenters. The molecule has 5 nitrogen and oxygen atoms in total. The Bertz CT molecular complexity index is 239. The summed E-state index contributed by atoms with van der Waals surface area (Å²) < 4.78 is 0. The molecule has 15 heavy (non-hydrogen) atoms. The van der Waals surface area contributed by atoms with Crippen molar-refractivity contribution >= 4 is 11.9 Å². The molecule has 0 saturated heterocycles. The van der Waals surface area contributed by atoms with Gasteiger partial charge in [0, 0.05) is 0 Å². The molecule has 0 aromatic carbocycles. The normalized spacial score (nSPS) is 16.5. The zero-order chi connectivity index (χ0) is 12.1. The molecule has 0 heterocycles. The van der Waals surface area contributed by atoms with Crippen molar-refractivity contribution in [3.05, 3.63) is 0 Å². The molecule has 0 saturated carbocycles. The molecule has 0 rings (SSSR count). The zero-order valence-electron chi connectivity index (χ0n) is 9.54. The SMILES string of the molecule is CCC[C@H](NC(=O)C(C)(N)CC)C(=O)O. The van der Waals surface area contributed by atoms with Gasteiger partial charge in [-0.25, -0.2) is 4.79 Å². The van der Waals surface area contributed by atoms with Crippen molar-refractivity contribution in [2.24, 2.45) is 5.73 Å². The number of hydrogen-bond donors (Lipinski definition) is 3. The van der Waals surface area contributed by atoms with E-state index in [1.54, 1.807) is 13.8 Å². The van der Waals surface area contributed by atoms with Crippen LogP contribution < -0.4 is 11.1 Å². The van der Waals surface area contributed by atoms with E-state index in [2.05, 4.69) is 5.32 Å². The second-order valence-electron chi connectivity index (χ2n) is 3.92. The number of aliphatic carboxylic acids is 1. The van der Waals surface area contributed by atoms with Crippen LogP contribution in [0.4, 0.5) is 0 Å². The van der Waals surface area contributed by atoms with E-state index in [-0.39, 0.29) is 0 Å². The van der Waals surface area contributed by atoms with Crippen LogP contribution in [0.15, 0.2) is 0 Å². The average molecular weight is 216 g/mol. The monoisotopic (exact) mass is 216 g/mol. The molecule has 5 heteroatoms. The number of nitrogens with two attached hydrogens (primary N) is 1. The van der Waals surface area contributed by atoms with Gasteiger partial charge < -0.3 is 16.2 Å². The van der Waals surface area contributed by atoms with Crippen LogP contribution in [0.3, 0.4) is 0 Å². The lowest BCUT2D eigenvalue weighted by Gasteiger charge is -2.24. The highest BCUT2D eigenvalue weighted by Gasteiger charge is 2.29. The fraction of sp³-hybridized carbons (Fsp3) is 0.800. The molecule has 0 aliphatic heterocycles. The highest BCUT2D eigenvalue weighted by atomic mass is 16.4. The number of nitrogens with one attached hydrogen (secondary N) is 1. The van der Waals surface area contributed by atoms with Crippen molar-refractivity contribution < 1.29 is 14.7 Å². The lowest BCUT2D eigenvalue weighted by Crippen LogP contribution is -2.55. The molecule has 88 valence electrons. The van der Waals surface area contributed by atoms with Gasteiger partial charge in [-0.15, -0.1) is 0 Å². The highest BCUT2D eigenvalue weighted by Crippen LogP contribution is 2.06. The van der Waals surface area contributed by atoms with Crippen molar-refractivity contribution in [3.8, 4) is 0 Å². The number of carbonyl (C=O) groups is 2. The first-order chi connectivity index (χ1) is 6.85. The maximum Gasteiger partial charge on any atom is 0.326 e. The fourth-order valence-electron chi connectivity index (χ4n) is 1.03. The van der Waals surface area contributed by atoms with Gasteiger partial charge in [0.2, 0.25) is 5.91 Å². The van der Waals surface area contributed by atoms with Gasteiger partial charge in [0.1, 0.15) is 6.04 Å². The minimum Gasteiger partial charge on any atom is -0.480 e. The van der Waals surface area contributed by atoms with E-state index in [1.807, 2.05) is 6.92 Å². The first-order valence-electron chi connectivity index (χ1n) is 5.17. The number of carboxylic acid groups (broad SMARTS) is 1. The molecular weight excluding hydrogens is 196 g/mol. The van der Waals surface area contributed by atoms with Gasteiger partial charge in [-0.3, -0.25) is 4.79 Å². The molecule has 4 N–H and O–H groups in total. The highest BCUT2D eigenvalue weighted by molar-refractivity contribution is 5.89. The minimum absolute atomic E-state index is 0.411. The summed E-state index contributed by atoms with van der Waals surface area (Å²) >= 11 is 0. The predicted octanol–water partition coefficient (Wildman–Crippen LogP) is 0.483. The lowest BCUT2D eigenvalue weighted by molar-refractivity contribution is -0.142. The largest absolute Gasteiger partial charge is 0.480 e. The summed E-state index contributed by atoms with van der Waals surface area (Å²) in [4.78, 5) is 22.4. The molecule has 0 aliphatic carbocycles. The third-order valence-corrected chi connectivity index (χ3v) is 2.43. The number of hydrogen-bond acceptors (Lipinski definition) is 3. The molecule has 0 radical (unpaired) electrons. The Labute approximate surface area is 90.0 Å². The summed E-state index contributed by atoms with van der Waals surface area (Å²) in [5, 5.41) is 11.3. The van der Waals surface area contributed by atoms with Gasteiger partial charge >= 0.3 is 5.97 Å². The number of amides is 1. The molecule has 0 aromatic rings. The summed E-state index contributed by atoms with van der Waals surface area (Å²) in [6.07, 6.45) is 1.59. The molecule has 0 fully saturated rings. The number of rotatable bonds is 6.